The van der Waals surface area contributed by atoms with Gasteiger partial charge in [-0.2, -0.15) is 13.5 Å². The predicted octanol–water partition coefficient (Wildman–Crippen LogP) is -2.69. The lowest BCUT2D eigenvalue weighted by Gasteiger charge is -2.28. The molecule has 136 valence electrons. The highest BCUT2D eigenvalue weighted by Gasteiger charge is 2.49. The number of guanidine groups is 1. The van der Waals surface area contributed by atoms with Crippen LogP contribution in [0.5, 0.6) is 0 Å². The molecule has 0 radical (unpaired) electrons. The zero-order valence-electron chi connectivity index (χ0n) is 12.5. The topological polar surface area (TPSA) is 190 Å². The highest BCUT2D eigenvalue weighted by molar-refractivity contribution is 7.80. The van der Waals surface area contributed by atoms with Gasteiger partial charge in [-0.05, 0) is 12.8 Å². The monoisotopic (exact) mass is 366 g/mol. The fraction of sp³-hybridized carbons (Fsp3) is 0.700. The van der Waals surface area contributed by atoms with Crippen LogP contribution in [-0.4, -0.2) is 72.6 Å². The maximum atomic E-state index is 12.1. The van der Waals surface area contributed by atoms with Crippen LogP contribution >= 0.6 is 0 Å². The van der Waals surface area contributed by atoms with Crippen molar-refractivity contribution in [3.63, 3.8) is 0 Å². The van der Waals surface area contributed by atoms with Gasteiger partial charge in [0.2, 0.25) is 0 Å². The van der Waals surface area contributed by atoms with Gasteiger partial charge in [-0.3, -0.25) is 19.2 Å². The molecule has 2 saturated heterocycles. The second-order valence-corrected chi connectivity index (χ2v) is 6.14. The zero-order valence-corrected chi connectivity index (χ0v) is 13.3. The number of hydrogen-bond donors (Lipinski definition) is 4. The number of nitrogens with one attached hydrogen (secondary N) is 1. The van der Waals surface area contributed by atoms with E-state index < -0.39 is 34.4 Å². The first-order valence-corrected chi connectivity index (χ1v) is 8.29. The number of carbonyl (C=O) groups excluding carboxylic acids is 2. The number of hydroxylamine groups is 3. The van der Waals surface area contributed by atoms with E-state index in [1.807, 2.05) is 0 Å². The van der Waals surface area contributed by atoms with Crippen LogP contribution in [-0.2, 0) is 24.3 Å². The molecular formula is C10H18N6O7S. The second-order valence-electron chi connectivity index (χ2n) is 5.13. The summed E-state index contributed by atoms with van der Waals surface area (Å²) < 4.78 is 34.5. The molecule has 0 aromatic rings. The van der Waals surface area contributed by atoms with Gasteiger partial charge < -0.3 is 16.4 Å². The highest BCUT2D eigenvalue weighted by Crippen LogP contribution is 2.30. The first-order valence-electron chi connectivity index (χ1n) is 6.93. The molecule has 2 rings (SSSR count). The number of fused-ring (bicyclic) bond motifs is 2. The first kappa shape index (κ1) is 18.2. The fourth-order valence-corrected chi connectivity index (χ4v) is 2.90. The normalized spacial score (nSPS) is 23.3. The van der Waals surface area contributed by atoms with E-state index in [2.05, 4.69) is 14.8 Å². The number of aliphatic imine (C=N–C) groups is 1. The van der Waals surface area contributed by atoms with Crippen molar-refractivity contribution in [3.05, 3.63) is 0 Å². The molecule has 2 fully saturated rings. The van der Waals surface area contributed by atoms with E-state index in [0.717, 1.165) is 4.90 Å². The minimum atomic E-state index is -4.82. The fourth-order valence-electron chi connectivity index (χ4n) is 2.51. The van der Waals surface area contributed by atoms with Gasteiger partial charge >= 0.3 is 16.4 Å². The van der Waals surface area contributed by atoms with Gasteiger partial charge in [0.1, 0.15) is 6.04 Å². The van der Waals surface area contributed by atoms with Gasteiger partial charge in [0, 0.05) is 6.54 Å². The largest absolute Gasteiger partial charge is 0.418 e. The zero-order chi connectivity index (χ0) is 17.9. The van der Waals surface area contributed by atoms with Crippen LogP contribution in [0.25, 0.3) is 0 Å². The van der Waals surface area contributed by atoms with Crippen molar-refractivity contribution in [2.75, 3.05) is 19.7 Å². The number of carbonyl (C=O) groups is 2. The number of hydrogen-bond acceptors (Lipinski definition) is 7. The average Bonchev–Trinajstić information content (AvgIpc) is 2.70. The SMILES string of the molecule is NC(N)=NCCONC(=O)C1CCC2CN1C(=O)N2OS(=O)(=O)O. The molecule has 2 unspecified atom stereocenters. The summed E-state index contributed by atoms with van der Waals surface area (Å²) in [6, 6.07) is -2.23. The Bertz CT molecular complexity index is 634. The quantitative estimate of drug-likeness (QED) is 0.122. The summed E-state index contributed by atoms with van der Waals surface area (Å²) in [4.78, 5) is 33.9. The van der Waals surface area contributed by atoms with E-state index in [-0.39, 0.29) is 32.1 Å². The minimum absolute atomic E-state index is 0.0327. The lowest BCUT2D eigenvalue weighted by Crippen LogP contribution is -2.49. The van der Waals surface area contributed by atoms with Crippen LogP contribution < -0.4 is 16.9 Å². The van der Waals surface area contributed by atoms with E-state index in [1.54, 1.807) is 0 Å². The standard InChI is InChI=1S/C10H18N6O7S/c11-9(12)13-3-4-22-14-8(17)7-2-1-6-5-15(7)10(18)16(6)23-24(19,20)21/h6-7H,1-5H2,(H,14,17)(H4,11,12,13)(H,19,20,21). The van der Waals surface area contributed by atoms with Crippen molar-refractivity contribution in [1.29, 1.82) is 0 Å². The Labute approximate surface area is 137 Å². The van der Waals surface area contributed by atoms with Crippen molar-refractivity contribution < 1.29 is 31.7 Å². The van der Waals surface area contributed by atoms with Crippen molar-refractivity contribution in [2.45, 2.75) is 24.9 Å². The molecule has 0 aromatic carbocycles. The Morgan fingerprint density at radius 2 is 2.12 bits per heavy atom. The lowest BCUT2D eigenvalue weighted by atomic mass is 10.0. The third-order valence-electron chi connectivity index (χ3n) is 3.46. The van der Waals surface area contributed by atoms with Gasteiger partial charge in [0.05, 0.1) is 19.2 Å². The van der Waals surface area contributed by atoms with Crippen LogP contribution in [0.1, 0.15) is 12.8 Å². The van der Waals surface area contributed by atoms with Crippen LogP contribution in [0.3, 0.4) is 0 Å². The van der Waals surface area contributed by atoms with Gasteiger partial charge in [-0.25, -0.2) is 10.3 Å². The molecular weight excluding hydrogens is 348 g/mol. The van der Waals surface area contributed by atoms with Gasteiger partial charge in [-0.1, -0.05) is 0 Å². The summed E-state index contributed by atoms with van der Waals surface area (Å²) in [5.41, 5.74) is 12.4. The Kier molecular flexibility index (Phi) is 5.43. The lowest BCUT2D eigenvalue weighted by molar-refractivity contribution is -0.138. The first-order chi connectivity index (χ1) is 11.2. The van der Waals surface area contributed by atoms with Crippen molar-refractivity contribution in [1.82, 2.24) is 15.4 Å². The number of amides is 3. The second kappa shape index (κ2) is 7.16. The van der Waals surface area contributed by atoms with E-state index in [4.69, 9.17) is 20.9 Å². The van der Waals surface area contributed by atoms with Crippen LogP contribution in [0.15, 0.2) is 4.99 Å². The Morgan fingerprint density at radius 1 is 1.42 bits per heavy atom. The summed E-state index contributed by atoms with van der Waals surface area (Å²) in [6.45, 7) is 0.277. The molecule has 0 aromatic heterocycles. The molecule has 24 heavy (non-hydrogen) atoms. The average molecular weight is 366 g/mol. The Hall–Kier alpha value is -2.16. The molecule has 2 atom stereocenters. The van der Waals surface area contributed by atoms with Crippen molar-refractivity contribution in [3.8, 4) is 0 Å². The molecule has 0 spiro atoms. The van der Waals surface area contributed by atoms with Crippen LogP contribution in [0, 0.1) is 0 Å². The molecule has 0 saturated carbocycles. The summed E-state index contributed by atoms with van der Waals surface area (Å²) in [6.07, 6.45) is 0.606. The van der Waals surface area contributed by atoms with E-state index >= 15 is 0 Å². The highest BCUT2D eigenvalue weighted by atomic mass is 32.3. The molecule has 2 bridgehead atoms. The molecule has 2 aliphatic heterocycles. The summed E-state index contributed by atoms with van der Waals surface area (Å²) in [5, 5.41) is 0.558. The summed E-state index contributed by atoms with van der Waals surface area (Å²) in [5.74, 6) is -0.676. The molecule has 13 nitrogen and oxygen atoms in total. The number of nitrogens with two attached hydrogens (primary N) is 2. The molecule has 14 heteroatoms. The Morgan fingerprint density at radius 3 is 2.75 bits per heavy atom. The maximum absolute atomic E-state index is 12.1. The molecule has 2 aliphatic rings. The number of piperidine rings is 1. The molecule has 0 aliphatic carbocycles. The summed E-state index contributed by atoms with van der Waals surface area (Å²) in [7, 11) is -4.82. The number of urea groups is 1. The molecule has 6 N–H and O–H groups in total. The Balaban J connectivity index is 1.89. The van der Waals surface area contributed by atoms with Crippen LogP contribution in [0.4, 0.5) is 4.79 Å². The number of nitrogens with zero attached hydrogens (tertiary/aromatic N) is 3. The smallest absolute Gasteiger partial charge is 0.370 e. The predicted molar refractivity (Wildman–Crippen MR) is 78.2 cm³/mol. The van der Waals surface area contributed by atoms with Gasteiger partial charge in [0.15, 0.2) is 5.96 Å². The third-order valence-corrected chi connectivity index (χ3v) is 3.81. The molecule has 3 amide bonds. The van der Waals surface area contributed by atoms with Crippen molar-refractivity contribution in [2.24, 2.45) is 16.5 Å². The van der Waals surface area contributed by atoms with E-state index in [1.165, 1.54) is 0 Å². The van der Waals surface area contributed by atoms with Gasteiger partial charge in [-0.15, -0.1) is 4.28 Å². The number of rotatable bonds is 7. The minimum Gasteiger partial charge on any atom is -0.370 e. The van der Waals surface area contributed by atoms with E-state index in [9.17, 15) is 18.0 Å². The van der Waals surface area contributed by atoms with Gasteiger partial charge in [0.25, 0.3) is 5.91 Å². The van der Waals surface area contributed by atoms with Crippen molar-refractivity contribution >= 4 is 28.3 Å². The summed E-state index contributed by atoms with van der Waals surface area (Å²) >= 11 is 0. The van der Waals surface area contributed by atoms with Crippen LogP contribution in [0.2, 0.25) is 0 Å². The maximum Gasteiger partial charge on any atom is 0.418 e. The van der Waals surface area contributed by atoms with E-state index in [0.29, 0.717) is 11.5 Å². The third kappa shape index (κ3) is 4.44. The molecule has 2 heterocycles.